The van der Waals surface area contributed by atoms with Crippen LogP contribution < -0.4 is 5.73 Å². The lowest BCUT2D eigenvalue weighted by Gasteiger charge is -2.36. The van der Waals surface area contributed by atoms with E-state index < -0.39 is 22.4 Å². The Kier molecular flexibility index (Phi) is 6.59. The summed E-state index contributed by atoms with van der Waals surface area (Å²) >= 11 is 0. The van der Waals surface area contributed by atoms with Gasteiger partial charge in [0.2, 0.25) is 0 Å². The largest absolute Gasteiger partial charge is 0.445 e. The van der Waals surface area contributed by atoms with Crippen LogP contribution in [0, 0.1) is 5.92 Å². The van der Waals surface area contributed by atoms with Crippen LogP contribution in [0.5, 0.6) is 0 Å². The molecule has 0 saturated carbocycles. The molecule has 7 nitrogen and oxygen atoms in total. The molecule has 2 N–H and O–H groups in total. The maximum atomic E-state index is 12.2. The summed E-state index contributed by atoms with van der Waals surface area (Å²) in [4.78, 5) is 13.7. The molecule has 0 radical (unpaired) electrons. The number of hydrogen-bond donors (Lipinski definition) is 1. The Labute approximate surface area is 142 Å². The van der Waals surface area contributed by atoms with E-state index in [1.54, 1.807) is 0 Å². The van der Waals surface area contributed by atoms with Crippen LogP contribution in [-0.2, 0) is 25.6 Å². The first-order valence-corrected chi connectivity index (χ1v) is 9.74. The number of nitrogens with zero attached hydrogens (tertiary/aromatic N) is 1. The zero-order valence-corrected chi connectivity index (χ0v) is 14.6. The molecule has 1 aliphatic heterocycles. The van der Waals surface area contributed by atoms with Gasteiger partial charge in [-0.15, -0.1) is 0 Å². The normalized spacial score (nSPS) is 21.5. The molecule has 0 spiro atoms. The van der Waals surface area contributed by atoms with Gasteiger partial charge in [0, 0.05) is 6.54 Å². The summed E-state index contributed by atoms with van der Waals surface area (Å²) in [5.74, 6) is 0.236. The van der Waals surface area contributed by atoms with Crippen molar-refractivity contribution < 1.29 is 22.1 Å². The van der Waals surface area contributed by atoms with Crippen molar-refractivity contribution >= 4 is 16.2 Å². The highest BCUT2D eigenvalue weighted by Gasteiger charge is 2.30. The molecule has 24 heavy (non-hydrogen) atoms. The molecule has 134 valence electrons. The lowest BCUT2D eigenvalue weighted by molar-refractivity contribution is 0.0558. The Hall–Kier alpha value is -1.64. The summed E-state index contributed by atoms with van der Waals surface area (Å²) in [6.45, 7) is 0.863. The second-order valence-electron chi connectivity index (χ2n) is 6.01. The number of likely N-dealkylation sites (tertiary alicyclic amines) is 1. The molecule has 2 atom stereocenters. The summed E-state index contributed by atoms with van der Waals surface area (Å²) in [5, 5.41) is 0. The quantitative estimate of drug-likeness (QED) is 0.779. The number of carbonyl (C=O) groups excluding carboxylic acids is 1. The predicted octanol–water partition coefficient (Wildman–Crippen LogP) is 1.69. The summed E-state index contributed by atoms with van der Waals surface area (Å²) < 4.78 is 32.0. The minimum absolute atomic E-state index is 0.147. The average Bonchev–Trinajstić information content (AvgIpc) is 2.52. The third-order valence-electron chi connectivity index (χ3n) is 4.02. The number of ether oxygens (including phenoxy) is 1. The van der Waals surface area contributed by atoms with Gasteiger partial charge in [0.15, 0.2) is 0 Å². The molecule has 8 heteroatoms. The second kappa shape index (κ2) is 8.46. The summed E-state index contributed by atoms with van der Waals surface area (Å²) in [6, 6.07) is 9.46. The van der Waals surface area contributed by atoms with E-state index >= 15 is 0 Å². The van der Waals surface area contributed by atoms with Crippen molar-refractivity contribution in [2.24, 2.45) is 11.7 Å². The van der Waals surface area contributed by atoms with Crippen LogP contribution in [0.1, 0.15) is 24.8 Å². The number of amides is 1. The highest BCUT2D eigenvalue weighted by molar-refractivity contribution is 7.85. The van der Waals surface area contributed by atoms with Gasteiger partial charge in [0.05, 0.1) is 19.0 Å². The van der Waals surface area contributed by atoms with Crippen LogP contribution in [0.4, 0.5) is 4.79 Å². The monoisotopic (exact) mass is 356 g/mol. The maximum Gasteiger partial charge on any atom is 0.411 e. The van der Waals surface area contributed by atoms with Crippen molar-refractivity contribution in [3.63, 3.8) is 0 Å². The average molecular weight is 356 g/mol. The molecule has 0 aliphatic carbocycles. The molecule has 1 heterocycles. The van der Waals surface area contributed by atoms with E-state index in [0.29, 0.717) is 19.4 Å². The van der Waals surface area contributed by atoms with Crippen LogP contribution >= 0.6 is 0 Å². The zero-order valence-electron chi connectivity index (χ0n) is 13.8. The van der Waals surface area contributed by atoms with Crippen LogP contribution in [-0.4, -0.2) is 45.0 Å². The highest BCUT2D eigenvalue weighted by atomic mass is 32.2. The molecule has 1 fully saturated rings. The van der Waals surface area contributed by atoms with Crippen LogP contribution in [0.15, 0.2) is 30.3 Å². The molecule has 2 unspecified atom stereocenters. The van der Waals surface area contributed by atoms with Gasteiger partial charge < -0.3 is 10.5 Å². The van der Waals surface area contributed by atoms with Crippen LogP contribution in [0.25, 0.3) is 0 Å². The van der Waals surface area contributed by atoms with Crippen molar-refractivity contribution in [1.29, 1.82) is 0 Å². The van der Waals surface area contributed by atoms with E-state index in [1.165, 1.54) is 4.90 Å². The van der Waals surface area contributed by atoms with Crippen molar-refractivity contribution in [3.8, 4) is 0 Å². The van der Waals surface area contributed by atoms with Gasteiger partial charge >= 0.3 is 6.09 Å². The van der Waals surface area contributed by atoms with Crippen LogP contribution in [0.3, 0.4) is 0 Å². The van der Waals surface area contributed by atoms with E-state index in [1.807, 2.05) is 30.3 Å². The number of benzene rings is 1. The first-order chi connectivity index (χ1) is 11.3. The van der Waals surface area contributed by atoms with Gasteiger partial charge in [-0.1, -0.05) is 30.3 Å². The van der Waals surface area contributed by atoms with Gasteiger partial charge in [-0.3, -0.25) is 9.08 Å². The SMILES string of the molecule is CS(=O)(=O)OCCC1CCN(C(=O)OCc2ccccc2)C(N)C1. The molecular formula is C16H24N2O5S. The number of piperidine rings is 1. The van der Waals surface area contributed by atoms with E-state index in [-0.39, 0.29) is 19.1 Å². The first kappa shape index (κ1) is 18.7. The predicted molar refractivity (Wildman–Crippen MR) is 89.4 cm³/mol. The summed E-state index contributed by atoms with van der Waals surface area (Å²) in [7, 11) is -3.41. The van der Waals surface area contributed by atoms with Crippen molar-refractivity contribution in [1.82, 2.24) is 4.90 Å². The number of rotatable bonds is 6. The van der Waals surface area contributed by atoms with Gasteiger partial charge in [0.25, 0.3) is 10.1 Å². The minimum atomic E-state index is -3.41. The third-order valence-corrected chi connectivity index (χ3v) is 4.61. The Balaban J connectivity index is 1.75. The highest BCUT2D eigenvalue weighted by Crippen LogP contribution is 2.24. The van der Waals surface area contributed by atoms with E-state index in [2.05, 4.69) is 0 Å². The Bertz CT molecular complexity index is 635. The van der Waals surface area contributed by atoms with Gasteiger partial charge in [-0.25, -0.2) is 4.79 Å². The van der Waals surface area contributed by atoms with E-state index in [4.69, 9.17) is 14.7 Å². The van der Waals surface area contributed by atoms with Gasteiger partial charge in [-0.2, -0.15) is 8.42 Å². The Morgan fingerprint density at radius 3 is 2.67 bits per heavy atom. The first-order valence-electron chi connectivity index (χ1n) is 7.92. The maximum absolute atomic E-state index is 12.2. The Morgan fingerprint density at radius 1 is 1.33 bits per heavy atom. The fourth-order valence-electron chi connectivity index (χ4n) is 2.73. The molecule has 1 aromatic rings. The summed E-state index contributed by atoms with van der Waals surface area (Å²) in [5.41, 5.74) is 6.99. The molecule has 1 amide bonds. The number of hydrogen-bond acceptors (Lipinski definition) is 6. The number of carbonyl (C=O) groups is 1. The van der Waals surface area contributed by atoms with E-state index in [9.17, 15) is 13.2 Å². The standard InChI is InChI=1S/C16H24N2O5S/c1-24(20,21)23-10-8-13-7-9-18(15(17)11-13)16(19)22-12-14-5-3-2-4-6-14/h2-6,13,15H,7-12,17H2,1H3. The molecular weight excluding hydrogens is 332 g/mol. The fraction of sp³-hybridized carbons (Fsp3) is 0.562. The summed E-state index contributed by atoms with van der Waals surface area (Å²) in [6.07, 6.45) is 2.15. The lowest BCUT2D eigenvalue weighted by Crippen LogP contribution is -2.51. The zero-order chi connectivity index (χ0) is 17.6. The molecule has 2 rings (SSSR count). The van der Waals surface area contributed by atoms with Gasteiger partial charge in [0.1, 0.15) is 6.61 Å². The fourth-order valence-corrected chi connectivity index (χ4v) is 3.13. The molecule has 0 bridgehead atoms. The second-order valence-corrected chi connectivity index (χ2v) is 7.65. The Morgan fingerprint density at radius 2 is 2.04 bits per heavy atom. The number of nitrogens with two attached hydrogens (primary N) is 1. The van der Waals surface area contributed by atoms with Crippen molar-refractivity contribution in [3.05, 3.63) is 35.9 Å². The third kappa shape index (κ3) is 6.10. The molecule has 1 aromatic carbocycles. The lowest BCUT2D eigenvalue weighted by atomic mass is 9.92. The molecule has 1 aliphatic rings. The van der Waals surface area contributed by atoms with E-state index in [0.717, 1.165) is 18.2 Å². The molecule has 0 aromatic heterocycles. The van der Waals surface area contributed by atoms with Crippen LogP contribution in [0.2, 0.25) is 0 Å². The van der Waals surface area contributed by atoms with Gasteiger partial charge in [-0.05, 0) is 30.7 Å². The molecule has 1 saturated heterocycles. The van der Waals surface area contributed by atoms with Crippen molar-refractivity contribution in [2.45, 2.75) is 32.0 Å². The topological polar surface area (TPSA) is 98.9 Å². The minimum Gasteiger partial charge on any atom is -0.445 e. The smallest absolute Gasteiger partial charge is 0.411 e. The van der Waals surface area contributed by atoms with Crippen molar-refractivity contribution in [2.75, 3.05) is 19.4 Å².